The first kappa shape index (κ1) is 19.9. The lowest BCUT2D eigenvalue weighted by molar-refractivity contribution is 0.0251. The number of carbonyl (C=O) groups is 3. The van der Waals surface area contributed by atoms with Crippen molar-refractivity contribution in [2.75, 3.05) is 0 Å². The molecular weight excluding hydrogens is 431 g/mol. The van der Waals surface area contributed by atoms with Gasteiger partial charge in [0.2, 0.25) is 0 Å². The summed E-state index contributed by atoms with van der Waals surface area (Å²) < 4.78 is 15.7. The predicted molar refractivity (Wildman–Crippen MR) is 108 cm³/mol. The minimum Gasteiger partial charge on any atom is -0.441 e. The molecule has 3 aromatic rings. The van der Waals surface area contributed by atoms with E-state index in [1.807, 2.05) is 6.07 Å². The Balaban J connectivity index is 1.86. The van der Waals surface area contributed by atoms with E-state index in [-0.39, 0.29) is 11.5 Å². The molecule has 0 bridgehead atoms. The van der Waals surface area contributed by atoms with Gasteiger partial charge >= 0.3 is 16.8 Å². The van der Waals surface area contributed by atoms with Gasteiger partial charge in [-0.3, -0.25) is 0 Å². The second-order valence-electron chi connectivity index (χ2n) is 6.34. The van der Waals surface area contributed by atoms with Gasteiger partial charge in [-0.15, -0.1) is 0 Å². The molecule has 1 aliphatic heterocycles. The van der Waals surface area contributed by atoms with Crippen LogP contribution in [0.3, 0.4) is 0 Å². The van der Waals surface area contributed by atoms with Gasteiger partial charge in [0, 0.05) is 39.9 Å². The maximum absolute atomic E-state index is 12.7. The molecule has 0 aromatic heterocycles. The summed E-state index contributed by atoms with van der Waals surface area (Å²) in [7, 11) is 0. The van der Waals surface area contributed by atoms with Crippen LogP contribution in [0.5, 0.6) is 11.5 Å². The SMILES string of the molecule is O=C(Cl)Oc1ccc(C2(c3ccc(OC(=O)Cl)cc3)OC(=O)c3ccccc32)cc1. The highest BCUT2D eigenvalue weighted by Gasteiger charge is 2.48. The molecule has 4 rings (SSSR count). The standard InChI is InChI=1S/C22H12Cl2O6/c23-20(26)28-15-9-5-13(6-10-15)22(14-7-11-16(12-8-14)29-21(24)27)18-4-2-1-3-17(18)19(25)30-22/h1-12H. The second kappa shape index (κ2) is 7.82. The Morgan fingerprint density at radius 3 is 1.67 bits per heavy atom. The minimum atomic E-state index is -1.25. The molecule has 0 aliphatic carbocycles. The number of benzene rings is 3. The van der Waals surface area contributed by atoms with E-state index in [0.717, 1.165) is 0 Å². The molecule has 0 saturated carbocycles. The normalized spacial score (nSPS) is 13.9. The Labute approximate surface area is 180 Å². The molecule has 0 saturated heterocycles. The van der Waals surface area contributed by atoms with Crippen LogP contribution in [0.2, 0.25) is 0 Å². The van der Waals surface area contributed by atoms with Crippen LogP contribution in [0.25, 0.3) is 0 Å². The summed E-state index contributed by atoms with van der Waals surface area (Å²) in [6.45, 7) is 0. The molecule has 0 unspecified atom stereocenters. The third-order valence-electron chi connectivity index (χ3n) is 4.69. The highest BCUT2D eigenvalue weighted by atomic mass is 35.5. The lowest BCUT2D eigenvalue weighted by Gasteiger charge is -2.30. The topological polar surface area (TPSA) is 78.9 Å². The van der Waals surface area contributed by atoms with Gasteiger partial charge in [0.15, 0.2) is 5.60 Å². The molecule has 0 fully saturated rings. The van der Waals surface area contributed by atoms with E-state index in [2.05, 4.69) is 0 Å². The van der Waals surface area contributed by atoms with Crippen LogP contribution < -0.4 is 9.47 Å². The molecule has 8 heteroatoms. The lowest BCUT2D eigenvalue weighted by atomic mass is 9.80. The van der Waals surface area contributed by atoms with Crippen LogP contribution in [0.15, 0.2) is 72.8 Å². The second-order valence-corrected chi connectivity index (χ2v) is 6.96. The molecule has 3 aromatic carbocycles. The van der Waals surface area contributed by atoms with Gasteiger partial charge in [-0.25, -0.2) is 14.4 Å². The lowest BCUT2D eigenvalue weighted by Crippen LogP contribution is -2.29. The Morgan fingerprint density at radius 2 is 1.20 bits per heavy atom. The summed E-state index contributed by atoms with van der Waals surface area (Å²) >= 11 is 10.5. The monoisotopic (exact) mass is 442 g/mol. The number of fused-ring (bicyclic) bond motifs is 1. The van der Waals surface area contributed by atoms with E-state index in [1.54, 1.807) is 66.7 Å². The number of halogens is 2. The van der Waals surface area contributed by atoms with E-state index in [0.29, 0.717) is 22.3 Å². The van der Waals surface area contributed by atoms with Gasteiger partial charge in [0.1, 0.15) is 11.5 Å². The molecule has 0 atom stereocenters. The fourth-order valence-corrected chi connectivity index (χ4v) is 3.69. The first-order valence-corrected chi connectivity index (χ1v) is 9.44. The number of ether oxygens (including phenoxy) is 3. The van der Waals surface area contributed by atoms with Crippen molar-refractivity contribution in [1.82, 2.24) is 0 Å². The average Bonchev–Trinajstić information content (AvgIpc) is 3.02. The average molecular weight is 443 g/mol. The molecule has 0 spiro atoms. The molecule has 150 valence electrons. The summed E-state index contributed by atoms with van der Waals surface area (Å²) in [5.41, 5.74) is -0.835. The van der Waals surface area contributed by atoms with Gasteiger partial charge in [-0.1, -0.05) is 42.5 Å². The van der Waals surface area contributed by atoms with Crippen molar-refractivity contribution in [2.24, 2.45) is 0 Å². The van der Waals surface area contributed by atoms with E-state index in [9.17, 15) is 14.4 Å². The van der Waals surface area contributed by atoms with E-state index in [1.165, 1.54) is 0 Å². The predicted octanol–water partition coefficient (Wildman–Crippen LogP) is 5.62. The van der Waals surface area contributed by atoms with Crippen molar-refractivity contribution >= 4 is 40.0 Å². The third-order valence-corrected chi connectivity index (χ3v) is 4.84. The Kier molecular flexibility index (Phi) is 5.20. The van der Waals surface area contributed by atoms with Crippen molar-refractivity contribution in [2.45, 2.75) is 5.60 Å². The van der Waals surface area contributed by atoms with Crippen molar-refractivity contribution in [3.05, 3.63) is 95.1 Å². The number of hydrogen-bond acceptors (Lipinski definition) is 6. The molecule has 0 radical (unpaired) electrons. The largest absolute Gasteiger partial charge is 0.441 e. The number of carbonyl (C=O) groups excluding carboxylic acids is 3. The van der Waals surface area contributed by atoms with E-state index >= 15 is 0 Å². The Bertz CT molecular complexity index is 1080. The van der Waals surface area contributed by atoms with Crippen LogP contribution in [0, 0.1) is 0 Å². The van der Waals surface area contributed by atoms with Crippen LogP contribution in [0.1, 0.15) is 27.0 Å². The summed E-state index contributed by atoms with van der Waals surface area (Å²) in [6, 6.07) is 20.0. The van der Waals surface area contributed by atoms with Gasteiger partial charge in [-0.05, 0) is 30.3 Å². The fourth-order valence-electron chi connectivity index (χ4n) is 3.51. The number of cyclic esters (lactones) is 1. The van der Waals surface area contributed by atoms with Crippen molar-refractivity contribution in [1.29, 1.82) is 0 Å². The zero-order valence-corrected chi connectivity index (χ0v) is 16.6. The van der Waals surface area contributed by atoms with Crippen LogP contribution in [-0.2, 0) is 10.3 Å². The summed E-state index contributed by atoms with van der Waals surface area (Å²) in [5, 5.41) is 0. The van der Waals surface area contributed by atoms with Gasteiger partial charge in [-0.2, -0.15) is 0 Å². The van der Waals surface area contributed by atoms with E-state index < -0.39 is 22.4 Å². The first-order chi connectivity index (χ1) is 14.4. The highest BCUT2D eigenvalue weighted by molar-refractivity contribution is 6.61. The highest BCUT2D eigenvalue weighted by Crippen LogP contribution is 2.47. The Morgan fingerprint density at radius 1 is 0.733 bits per heavy atom. The summed E-state index contributed by atoms with van der Waals surface area (Å²) in [4.78, 5) is 34.6. The Hall–Kier alpha value is -3.35. The van der Waals surface area contributed by atoms with Gasteiger partial charge in [0.05, 0.1) is 5.56 Å². The number of esters is 1. The maximum atomic E-state index is 12.7. The quantitative estimate of drug-likeness (QED) is 0.385. The van der Waals surface area contributed by atoms with Gasteiger partial charge in [0.25, 0.3) is 0 Å². The molecule has 6 nitrogen and oxygen atoms in total. The smallest absolute Gasteiger partial charge is 0.409 e. The third kappa shape index (κ3) is 3.51. The first-order valence-electron chi connectivity index (χ1n) is 8.69. The van der Waals surface area contributed by atoms with Gasteiger partial charge < -0.3 is 14.2 Å². The minimum absolute atomic E-state index is 0.246. The number of hydrogen-bond donors (Lipinski definition) is 0. The fraction of sp³-hybridized carbons (Fsp3) is 0.0455. The summed E-state index contributed by atoms with van der Waals surface area (Å²) in [5.74, 6) is 0.0184. The number of rotatable bonds is 4. The molecular formula is C22H12Cl2O6. The molecule has 1 heterocycles. The zero-order chi connectivity index (χ0) is 21.3. The van der Waals surface area contributed by atoms with Crippen molar-refractivity contribution < 1.29 is 28.6 Å². The van der Waals surface area contributed by atoms with Crippen molar-refractivity contribution in [3.8, 4) is 11.5 Å². The molecule has 30 heavy (non-hydrogen) atoms. The van der Waals surface area contributed by atoms with Crippen molar-refractivity contribution in [3.63, 3.8) is 0 Å². The molecule has 0 amide bonds. The molecule has 1 aliphatic rings. The zero-order valence-electron chi connectivity index (χ0n) is 15.1. The summed E-state index contributed by atoms with van der Waals surface area (Å²) in [6.07, 6.45) is 0. The van der Waals surface area contributed by atoms with Crippen LogP contribution in [0.4, 0.5) is 9.59 Å². The van der Waals surface area contributed by atoms with Crippen LogP contribution in [-0.4, -0.2) is 16.8 Å². The maximum Gasteiger partial charge on any atom is 0.409 e. The van der Waals surface area contributed by atoms with E-state index in [4.69, 9.17) is 37.4 Å². The molecule has 0 N–H and O–H groups in total. The van der Waals surface area contributed by atoms with Crippen LogP contribution >= 0.6 is 23.2 Å².